The van der Waals surface area contributed by atoms with Crippen LogP contribution in [0.15, 0.2) is 16.8 Å². The number of hydrogen-bond acceptors (Lipinski definition) is 8. The third-order valence-corrected chi connectivity index (χ3v) is 3.75. The van der Waals surface area contributed by atoms with E-state index in [9.17, 15) is 4.79 Å². The maximum absolute atomic E-state index is 11.8. The summed E-state index contributed by atoms with van der Waals surface area (Å²) in [6.45, 7) is 6.49. The molecule has 1 aromatic heterocycles. The molecule has 148 valence electrons. The van der Waals surface area contributed by atoms with Gasteiger partial charge in [-0.15, -0.1) is 0 Å². The van der Waals surface area contributed by atoms with Gasteiger partial charge in [-0.25, -0.2) is 4.63 Å². The van der Waals surface area contributed by atoms with Crippen LogP contribution in [0.5, 0.6) is 11.5 Å². The van der Waals surface area contributed by atoms with Crippen LogP contribution in [-0.4, -0.2) is 42.5 Å². The maximum Gasteiger partial charge on any atom is 0.277 e. The molecule has 0 saturated carbocycles. The Bertz CT molecular complexity index is 753. The predicted molar refractivity (Wildman–Crippen MR) is 101 cm³/mol. The molecule has 0 aliphatic rings. The number of nitrogens with zero attached hydrogens (tertiary/aromatic N) is 2. The van der Waals surface area contributed by atoms with Gasteiger partial charge >= 0.3 is 0 Å². The number of halogens is 1. The fraction of sp³-hybridized carbons (Fsp3) is 0.471. The van der Waals surface area contributed by atoms with Crippen molar-refractivity contribution in [1.29, 1.82) is 0 Å². The van der Waals surface area contributed by atoms with Crippen LogP contribution >= 0.6 is 11.6 Å². The first-order valence-electron chi connectivity index (χ1n) is 8.71. The Morgan fingerprint density at radius 3 is 2.74 bits per heavy atom. The van der Waals surface area contributed by atoms with Gasteiger partial charge in [0.05, 0.1) is 18.2 Å². The molecule has 1 heterocycles. The highest BCUT2D eigenvalue weighted by atomic mass is 35.5. The Labute approximate surface area is 162 Å². The van der Waals surface area contributed by atoms with Crippen molar-refractivity contribution < 1.29 is 18.9 Å². The molecule has 10 heteroatoms. The van der Waals surface area contributed by atoms with E-state index in [1.165, 1.54) is 0 Å². The second-order valence-corrected chi connectivity index (χ2v) is 6.02. The zero-order valence-corrected chi connectivity index (χ0v) is 16.1. The number of carbonyl (C=O) groups is 1. The van der Waals surface area contributed by atoms with Crippen LogP contribution in [0.25, 0.3) is 0 Å². The average molecular weight is 398 g/mol. The molecule has 0 fully saturated rings. The van der Waals surface area contributed by atoms with Gasteiger partial charge in [0.1, 0.15) is 0 Å². The number of nitrogen functional groups attached to an aromatic ring is 1. The highest BCUT2D eigenvalue weighted by Gasteiger charge is 2.15. The zero-order valence-electron chi connectivity index (χ0n) is 15.4. The van der Waals surface area contributed by atoms with Gasteiger partial charge < -0.3 is 25.8 Å². The van der Waals surface area contributed by atoms with Crippen molar-refractivity contribution in [3.63, 3.8) is 0 Å². The van der Waals surface area contributed by atoms with Crippen molar-refractivity contribution in [3.05, 3.63) is 28.4 Å². The Balaban J connectivity index is 1.84. The SMILES string of the molecule is CCCOc1c(Cl)cc(CNCCNC(=O)c2nonc2N)cc1OCC. The highest BCUT2D eigenvalue weighted by molar-refractivity contribution is 6.32. The third-order valence-electron chi connectivity index (χ3n) is 3.47. The molecule has 0 radical (unpaired) electrons. The Morgan fingerprint density at radius 1 is 1.26 bits per heavy atom. The van der Waals surface area contributed by atoms with Crippen LogP contribution in [0.3, 0.4) is 0 Å². The van der Waals surface area contributed by atoms with Crippen LogP contribution < -0.4 is 25.8 Å². The molecule has 1 aromatic carbocycles. The van der Waals surface area contributed by atoms with Crippen molar-refractivity contribution in [3.8, 4) is 11.5 Å². The minimum Gasteiger partial charge on any atom is -0.490 e. The number of nitrogens with one attached hydrogen (secondary N) is 2. The lowest BCUT2D eigenvalue weighted by molar-refractivity contribution is 0.0944. The molecule has 0 aliphatic heterocycles. The molecule has 0 aliphatic carbocycles. The van der Waals surface area contributed by atoms with Crippen molar-refractivity contribution >= 4 is 23.3 Å². The van der Waals surface area contributed by atoms with Crippen LogP contribution in [0.1, 0.15) is 36.3 Å². The number of amides is 1. The monoisotopic (exact) mass is 397 g/mol. The van der Waals surface area contributed by atoms with E-state index in [-0.39, 0.29) is 11.5 Å². The second kappa shape index (κ2) is 10.6. The summed E-state index contributed by atoms with van der Waals surface area (Å²) in [4.78, 5) is 11.8. The molecule has 0 saturated heterocycles. The fourth-order valence-electron chi connectivity index (χ4n) is 2.26. The van der Waals surface area contributed by atoms with Crippen molar-refractivity contribution in [2.24, 2.45) is 0 Å². The van der Waals surface area contributed by atoms with E-state index in [2.05, 4.69) is 25.6 Å². The lowest BCUT2D eigenvalue weighted by atomic mass is 10.2. The molecule has 2 rings (SSSR count). The van der Waals surface area contributed by atoms with E-state index in [4.69, 9.17) is 26.8 Å². The van der Waals surface area contributed by atoms with Gasteiger partial charge in [-0.2, -0.15) is 0 Å². The number of benzene rings is 1. The minimum atomic E-state index is -0.436. The molecule has 9 nitrogen and oxygen atoms in total. The maximum atomic E-state index is 11.8. The van der Waals surface area contributed by atoms with Crippen LogP contribution in [-0.2, 0) is 6.54 Å². The van der Waals surface area contributed by atoms with Gasteiger partial charge in [0.25, 0.3) is 5.91 Å². The zero-order chi connectivity index (χ0) is 19.6. The van der Waals surface area contributed by atoms with E-state index < -0.39 is 5.91 Å². The van der Waals surface area contributed by atoms with Gasteiger partial charge in [0.15, 0.2) is 11.5 Å². The molecule has 4 N–H and O–H groups in total. The topological polar surface area (TPSA) is 125 Å². The number of rotatable bonds is 11. The predicted octanol–water partition coefficient (Wildman–Crippen LogP) is 2.01. The smallest absolute Gasteiger partial charge is 0.277 e. The second-order valence-electron chi connectivity index (χ2n) is 5.62. The van der Waals surface area contributed by atoms with Gasteiger partial charge in [-0.3, -0.25) is 4.79 Å². The average Bonchev–Trinajstić information content (AvgIpc) is 3.07. The molecule has 0 unspecified atom stereocenters. The van der Waals surface area contributed by atoms with E-state index in [1.807, 2.05) is 26.0 Å². The van der Waals surface area contributed by atoms with Gasteiger partial charge in [0, 0.05) is 19.6 Å². The third kappa shape index (κ3) is 6.00. The molecular formula is C17H24ClN5O4. The van der Waals surface area contributed by atoms with E-state index in [1.54, 1.807) is 0 Å². The van der Waals surface area contributed by atoms with Gasteiger partial charge in [-0.05, 0) is 41.4 Å². The van der Waals surface area contributed by atoms with Crippen molar-refractivity contribution in [2.45, 2.75) is 26.8 Å². The lowest BCUT2D eigenvalue weighted by Crippen LogP contribution is -2.32. The number of hydrogen-bond donors (Lipinski definition) is 3. The summed E-state index contributed by atoms with van der Waals surface area (Å²) in [5, 5.41) is 13.2. The van der Waals surface area contributed by atoms with Gasteiger partial charge in [0.2, 0.25) is 11.5 Å². The summed E-state index contributed by atoms with van der Waals surface area (Å²) in [5.74, 6) is 0.714. The van der Waals surface area contributed by atoms with Gasteiger partial charge in [-0.1, -0.05) is 18.5 Å². The van der Waals surface area contributed by atoms with E-state index in [0.717, 1.165) is 12.0 Å². The number of aromatic nitrogens is 2. The lowest BCUT2D eigenvalue weighted by Gasteiger charge is -2.15. The summed E-state index contributed by atoms with van der Waals surface area (Å²) in [6, 6.07) is 3.73. The Hall–Kier alpha value is -2.52. The molecular weight excluding hydrogens is 374 g/mol. The quantitative estimate of drug-likeness (QED) is 0.492. The molecule has 0 bridgehead atoms. The van der Waals surface area contributed by atoms with Crippen molar-refractivity contribution in [2.75, 3.05) is 32.0 Å². The summed E-state index contributed by atoms with van der Waals surface area (Å²) in [5.41, 5.74) is 6.39. The first kappa shape index (κ1) is 20.8. The number of anilines is 1. The van der Waals surface area contributed by atoms with E-state index >= 15 is 0 Å². The van der Waals surface area contributed by atoms with Crippen LogP contribution in [0.4, 0.5) is 5.82 Å². The molecule has 2 aromatic rings. The summed E-state index contributed by atoms with van der Waals surface area (Å²) in [6.07, 6.45) is 0.882. The standard InChI is InChI=1S/C17H24ClN5O4/c1-3-7-26-15-12(18)8-11(9-13(15)25-4-2)10-20-5-6-21-17(24)14-16(19)23-27-22-14/h8-9,20H,3-7,10H2,1-2H3,(H2,19,23)(H,21,24). The first-order valence-corrected chi connectivity index (χ1v) is 9.09. The Kier molecular flexibility index (Phi) is 8.15. The number of carbonyl (C=O) groups excluding carboxylic acids is 1. The molecule has 1 amide bonds. The molecule has 0 spiro atoms. The number of ether oxygens (including phenoxy) is 2. The van der Waals surface area contributed by atoms with Crippen LogP contribution in [0.2, 0.25) is 5.02 Å². The molecule has 27 heavy (non-hydrogen) atoms. The Morgan fingerprint density at radius 2 is 2.07 bits per heavy atom. The van der Waals surface area contributed by atoms with E-state index in [0.29, 0.717) is 49.4 Å². The summed E-state index contributed by atoms with van der Waals surface area (Å²) >= 11 is 6.34. The first-order chi connectivity index (χ1) is 13.1. The largest absolute Gasteiger partial charge is 0.490 e. The molecule has 0 atom stereocenters. The normalized spacial score (nSPS) is 10.6. The highest BCUT2D eigenvalue weighted by Crippen LogP contribution is 2.36. The van der Waals surface area contributed by atoms with Crippen LogP contribution in [0, 0.1) is 0 Å². The van der Waals surface area contributed by atoms with Crippen molar-refractivity contribution in [1.82, 2.24) is 20.9 Å². The fourth-order valence-corrected chi connectivity index (χ4v) is 2.55. The minimum absolute atomic E-state index is 0.0224. The number of nitrogens with two attached hydrogens (primary N) is 1. The summed E-state index contributed by atoms with van der Waals surface area (Å²) in [7, 11) is 0. The summed E-state index contributed by atoms with van der Waals surface area (Å²) < 4.78 is 15.7.